The number of hydrogen-bond acceptors (Lipinski definition) is 5. The Labute approximate surface area is 146 Å². The second kappa shape index (κ2) is 6.63. The Balaban J connectivity index is 1.85. The van der Waals surface area contributed by atoms with Crippen molar-refractivity contribution in [3.63, 3.8) is 0 Å². The van der Waals surface area contributed by atoms with E-state index in [0.29, 0.717) is 23.8 Å². The standard InChI is InChI=1S/C19H20N5O/c1-2-13-11-14-12-21-19(22-16-9-5-6-10-20-16)23-17(14)24(18(13)25)15-7-3-4-8-15/h5,9-12,15H,2-4,7-8H2,1H3,(H,20,21,22,23). The summed E-state index contributed by atoms with van der Waals surface area (Å²) in [7, 11) is 0. The molecule has 0 saturated heterocycles. The second-order valence-electron chi connectivity index (χ2n) is 6.38. The Kier molecular flexibility index (Phi) is 4.17. The molecule has 0 amide bonds. The summed E-state index contributed by atoms with van der Waals surface area (Å²) in [5, 5.41) is 4.00. The summed E-state index contributed by atoms with van der Waals surface area (Å²) in [6, 6.07) is 8.61. The number of pyridine rings is 2. The van der Waals surface area contributed by atoms with Gasteiger partial charge in [-0.25, -0.2) is 9.97 Å². The van der Waals surface area contributed by atoms with E-state index in [9.17, 15) is 4.79 Å². The molecule has 0 bridgehead atoms. The molecule has 1 fully saturated rings. The average molecular weight is 334 g/mol. The van der Waals surface area contributed by atoms with E-state index in [4.69, 9.17) is 0 Å². The third-order valence-corrected chi connectivity index (χ3v) is 4.77. The largest absolute Gasteiger partial charge is 0.309 e. The zero-order valence-electron chi connectivity index (χ0n) is 14.2. The fourth-order valence-corrected chi connectivity index (χ4v) is 3.50. The summed E-state index contributed by atoms with van der Waals surface area (Å²) in [5.41, 5.74) is 1.61. The molecule has 1 aliphatic rings. The smallest absolute Gasteiger partial charge is 0.255 e. The van der Waals surface area contributed by atoms with E-state index in [-0.39, 0.29) is 11.6 Å². The zero-order valence-corrected chi connectivity index (χ0v) is 14.2. The van der Waals surface area contributed by atoms with E-state index in [0.717, 1.165) is 36.6 Å². The molecule has 25 heavy (non-hydrogen) atoms. The van der Waals surface area contributed by atoms with Gasteiger partial charge in [0.15, 0.2) is 0 Å². The molecule has 1 N–H and O–H groups in total. The first-order chi connectivity index (χ1) is 12.3. The van der Waals surface area contributed by atoms with E-state index < -0.39 is 0 Å². The minimum Gasteiger partial charge on any atom is -0.309 e. The third-order valence-electron chi connectivity index (χ3n) is 4.77. The maximum Gasteiger partial charge on any atom is 0.255 e. The van der Waals surface area contributed by atoms with E-state index in [1.54, 1.807) is 24.5 Å². The van der Waals surface area contributed by atoms with E-state index in [1.807, 2.05) is 17.6 Å². The van der Waals surface area contributed by atoms with Crippen molar-refractivity contribution >= 4 is 22.8 Å². The monoisotopic (exact) mass is 334 g/mol. The van der Waals surface area contributed by atoms with Crippen molar-refractivity contribution in [2.75, 3.05) is 5.32 Å². The molecular formula is C19H20N5O. The Morgan fingerprint density at radius 2 is 2.16 bits per heavy atom. The number of aromatic nitrogens is 4. The van der Waals surface area contributed by atoms with Crippen LogP contribution in [0.3, 0.4) is 0 Å². The molecule has 1 aliphatic carbocycles. The van der Waals surface area contributed by atoms with Gasteiger partial charge >= 0.3 is 0 Å². The van der Waals surface area contributed by atoms with Gasteiger partial charge in [-0.3, -0.25) is 9.36 Å². The second-order valence-corrected chi connectivity index (χ2v) is 6.38. The van der Waals surface area contributed by atoms with Crippen LogP contribution in [0.5, 0.6) is 0 Å². The fourth-order valence-electron chi connectivity index (χ4n) is 3.50. The Morgan fingerprint density at radius 1 is 1.32 bits per heavy atom. The number of rotatable bonds is 4. The zero-order chi connectivity index (χ0) is 17.2. The lowest BCUT2D eigenvalue weighted by molar-refractivity contribution is 0.513. The lowest BCUT2D eigenvalue weighted by atomic mass is 10.1. The fraction of sp³-hybridized carbons (Fsp3) is 0.368. The van der Waals surface area contributed by atoms with Crippen LogP contribution >= 0.6 is 0 Å². The van der Waals surface area contributed by atoms with Gasteiger partial charge in [0.1, 0.15) is 11.5 Å². The van der Waals surface area contributed by atoms with Crippen molar-refractivity contribution in [3.8, 4) is 0 Å². The molecule has 0 spiro atoms. The maximum atomic E-state index is 12.9. The molecule has 6 heteroatoms. The maximum absolute atomic E-state index is 12.9. The Hall–Kier alpha value is -2.76. The van der Waals surface area contributed by atoms with Gasteiger partial charge < -0.3 is 5.32 Å². The number of aryl methyl sites for hydroxylation is 1. The van der Waals surface area contributed by atoms with Crippen LogP contribution < -0.4 is 10.9 Å². The van der Waals surface area contributed by atoms with E-state index in [2.05, 4.69) is 26.3 Å². The highest BCUT2D eigenvalue weighted by molar-refractivity contribution is 5.76. The van der Waals surface area contributed by atoms with Crippen molar-refractivity contribution in [1.82, 2.24) is 19.5 Å². The summed E-state index contributed by atoms with van der Waals surface area (Å²) in [6.45, 7) is 2.01. The van der Waals surface area contributed by atoms with Crippen molar-refractivity contribution in [1.29, 1.82) is 0 Å². The number of anilines is 2. The highest BCUT2D eigenvalue weighted by atomic mass is 16.1. The summed E-state index contributed by atoms with van der Waals surface area (Å²) < 4.78 is 1.89. The van der Waals surface area contributed by atoms with Gasteiger partial charge in [0.25, 0.3) is 5.56 Å². The summed E-state index contributed by atoms with van der Waals surface area (Å²) in [6.07, 6.45) is 8.47. The van der Waals surface area contributed by atoms with Gasteiger partial charge in [0.2, 0.25) is 5.95 Å². The molecule has 0 aromatic carbocycles. The van der Waals surface area contributed by atoms with Gasteiger partial charge in [0.05, 0.1) is 0 Å². The first-order valence-electron chi connectivity index (χ1n) is 8.76. The average Bonchev–Trinajstić information content (AvgIpc) is 3.16. The van der Waals surface area contributed by atoms with Crippen LogP contribution in [0.25, 0.3) is 11.0 Å². The van der Waals surface area contributed by atoms with Crippen LogP contribution in [0.1, 0.15) is 44.2 Å². The van der Waals surface area contributed by atoms with Crippen molar-refractivity contribution in [2.24, 2.45) is 0 Å². The first-order valence-corrected chi connectivity index (χ1v) is 8.76. The van der Waals surface area contributed by atoms with Crippen LogP contribution in [0, 0.1) is 6.07 Å². The van der Waals surface area contributed by atoms with Crippen LogP contribution in [0.4, 0.5) is 11.8 Å². The number of fused-ring (bicyclic) bond motifs is 1. The number of hydrogen-bond donors (Lipinski definition) is 1. The van der Waals surface area contributed by atoms with E-state index >= 15 is 0 Å². The van der Waals surface area contributed by atoms with Crippen molar-refractivity contribution in [3.05, 3.63) is 52.6 Å². The predicted molar refractivity (Wildman–Crippen MR) is 97.0 cm³/mol. The Morgan fingerprint density at radius 3 is 2.88 bits per heavy atom. The van der Waals surface area contributed by atoms with Crippen LogP contribution in [-0.2, 0) is 6.42 Å². The summed E-state index contributed by atoms with van der Waals surface area (Å²) in [5.74, 6) is 1.10. The molecule has 0 atom stereocenters. The molecule has 3 aromatic heterocycles. The van der Waals surface area contributed by atoms with Gasteiger partial charge in [0, 0.05) is 35.5 Å². The quantitative estimate of drug-likeness (QED) is 0.791. The lowest BCUT2D eigenvalue weighted by Gasteiger charge is -2.18. The molecular weight excluding hydrogens is 314 g/mol. The van der Waals surface area contributed by atoms with Crippen molar-refractivity contribution in [2.45, 2.75) is 45.1 Å². The first kappa shape index (κ1) is 15.7. The highest BCUT2D eigenvalue weighted by Gasteiger charge is 2.22. The number of nitrogens with zero attached hydrogens (tertiary/aromatic N) is 4. The van der Waals surface area contributed by atoms with Gasteiger partial charge in [-0.1, -0.05) is 19.8 Å². The Bertz CT molecular complexity index is 945. The lowest BCUT2D eigenvalue weighted by Crippen LogP contribution is -2.27. The molecule has 4 rings (SSSR count). The van der Waals surface area contributed by atoms with Crippen LogP contribution in [0.15, 0.2) is 35.4 Å². The highest BCUT2D eigenvalue weighted by Crippen LogP contribution is 2.30. The molecule has 3 aromatic rings. The van der Waals surface area contributed by atoms with Crippen molar-refractivity contribution < 1.29 is 0 Å². The molecule has 0 aliphatic heterocycles. The molecule has 127 valence electrons. The minimum atomic E-state index is 0.0824. The predicted octanol–water partition coefficient (Wildman–Crippen LogP) is 3.41. The topological polar surface area (TPSA) is 72.7 Å². The molecule has 1 radical (unpaired) electrons. The SMILES string of the molecule is CCc1cc2cnc(Nc3cc[c]cn3)nc2n(C2CCCC2)c1=O. The molecule has 6 nitrogen and oxygen atoms in total. The number of nitrogens with one attached hydrogen (secondary N) is 1. The third kappa shape index (κ3) is 2.99. The van der Waals surface area contributed by atoms with Gasteiger partial charge in [-0.05, 0) is 37.5 Å². The van der Waals surface area contributed by atoms with Crippen LogP contribution in [-0.4, -0.2) is 19.5 Å². The van der Waals surface area contributed by atoms with E-state index in [1.165, 1.54) is 0 Å². The summed E-state index contributed by atoms with van der Waals surface area (Å²) in [4.78, 5) is 26.1. The molecule has 0 unspecified atom stereocenters. The molecule has 1 saturated carbocycles. The normalized spacial score (nSPS) is 14.9. The van der Waals surface area contributed by atoms with Gasteiger partial charge in [-0.2, -0.15) is 4.98 Å². The molecule has 3 heterocycles. The van der Waals surface area contributed by atoms with Crippen LogP contribution in [0.2, 0.25) is 0 Å². The summed E-state index contributed by atoms with van der Waals surface area (Å²) >= 11 is 0. The minimum absolute atomic E-state index is 0.0824. The van der Waals surface area contributed by atoms with Gasteiger partial charge in [-0.15, -0.1) is 0 Å².